The van der Waals surface area contributed by atoms with E-state index in [1.807, 2.05) is 0 Å². The van der Waals surface area contributed by atoms with E-state index in [1.165, 1.54) is 20.4 Å². The minimum Gasteiger partial charge on any atom is -0.493 e. The van der Waals surface area contributed by atoms with Gasteiger partial charge < -0.3 is 14.5 Å². The van der Waals surface area contributed by atoms with E-state index in [-0.39, 0.29) is 0 Å². The Balaban J connectivity index is 2.09. The highest BCUT2D eigenvalue weighted by Gasteiger charge is 2.10. The Kier molecular flexibility index (Phi) is 4.71. The Bertz CT molecular complexity index is 1090. The van der Waals surface area contributed by atoms with Gasteiger partial charge >= 0.3 is 5.69 Å². The molecule has 2 aromatic carbocycles. The number of H-pyrrole nitrogens is 1. The normalized spacial score (nSPS) is 11.2. The maximum atomic E-state index is 12.4. The van der Waals surface area contributed by atoms with E-state index >= 15 is 0 Å². The average Bonchev–Trinajstić information content (AvgIpc) is 2.61. The highest BCUT2D eigenvalue weighted by Crippen LogP contribution is 2.35. The molecule has 25 heavy (non-hydrogen) atoms. The predicted octanol–water partition coefficient (Wildman–Crippen LogP) is 2.35. The van der Waals surface area contributed by atoms with E-state index in [4.69, 9.17) is 9.47 Å². The number of fused-ring (bicyclic) bond motifs is 1. The molecule has 7 nitrogen and oxygen atoms in total. The van der Waals surface area contributed by atoms with Crippen molar-refractivity contribution in [2.45, 2.75) is 0 Å². The summed E-state index contributed by atoms with van der Waals surface area (Å²) >= 11 is 3.38. The number of methoxy groups -OCH3 is 2. The molecule has 0 radical (unpaired) electrons. The Morgan fingerprint density at radius 2 is 1.92 bits per heavy atom. The van der Waals surface area contributed by atoms with Crippen LogP contribution in [0, 0.1) is 0 Å². The first kappa shape index (κ1) is 17.0. The third-order valence-corrected chi connectivity index (χ3v) is 4.15. The fraction of sp³-hybridized carbons (Fsp3) is 0.118. The lowest BCUT2D eigenvalue weighted by Gasteiger charge is -2.10. The van der Waals surface area contributed by atoms with Gasteiger partial charge in [0.25, 0.3) is 5.56 Å². The number of nitrogens with zero attached hydrogens (tertiary/aromatic N) is 2. The first-order chi connectivity index (χ1) is 12.0. The fourth-order valence-corrected chi connectivity index (χ4v) is 3.02. The second kappa shape index (κ2) is 6.94. The molecule has 8 heteroatoms. The zero-order chi connectivity index (χ0) is 18.0. The number of para-hydroxylation sites is 1. The first-order valence-corrected chi connectivity index (χ1v) is 8.04. The van der Waals surface area contributed by atoms with E-state index in [9.17, 15) is 9.59 Å². The third-order valence-electron chi connectivity index (χ3n) is 3.56. The van der Waals surface area contributed by atoms with Crippen molar-refractivity contribution in [1.29, 1.82) is 0 Å². The molecule has 1 heterocycles. The van der Waals surface area contributed by atoms with Crippen LogP contribution in [-0.2, 0) is 0 Å². The molecule has 0 spiro atoms. The minimum atomic E-state index is -0.612. The summed E-state index contributed by atoms with van der Waals surface area (Å²) in [5.74, 6) is 1.04. The van der Waals surface area contributed by atoms with Gasteiger partial charge in [-0.2, -0.15) is 5.10 Å². The lowest BCUT2D eigenvalue weighted by Crippen LogP contribution is -2.32. The monoisotopic (exact) mass is 403 g/mol. The molecule has 3 aromatic rings. The summed E-state index contributed by atoms with van der Waals surface area (Å²) in [6.45, 7) is 0. The smallest absolute Gasteiger partial charge is 0.349 e. The summed E-state index contributed by atoms with van der Waals surface area (Å²) in [5.41, 5.74) is -0.00331. The second-order valence-corrected chi connectivity index (χ2v) is 5.93. The van der Waals surface area contributed by atoms with Gasteiger partial charge in [-0.25, -0.2) is 4.79 Å². The molecule has 0 amide bonds. The van der Waals surface area contributed by atoms with Crippen molar-refractivity contribution in [3.8, 4) is 11.5 Å². The molecule has 1 aromatic heterocycles. The van der Waals surface area contributed by atoms with E-state index in [1.54, 1.807) is 36.4 Å². The number of halogens is 1. The lowest BCUT2D eigenvalue weighted by molar-refractivity contribution is 0.353. The van der Waals surface area contributed by atoms with Crippen molar-refractivity contribution >= 4 is 33.0 Å². The van der Waals surface area contributed by atoms with E-state index in [0.29, 0.717) is 32.4 Å². The van der Waals surface area contributed by atoms with Crippen LogP contribution in [0.5, 0.6) is 11.5 Å². The summed E-state index contributed by atoms with van der Waals surface area (Å²) < 4.78 is 12.0. The maximum Gasteiger partial charge on any atom is 0.349 e. The summed E-state index contributed by atoms with van der Waals surface area (Å²) in [7, 11) is 3.05. The quantitative estimate of drug-likeness (QED) is 0.677. The first-order valence-electron chi connectivity index (χ1n) is 7.25. The van der Waals surface area contributed by atoms with Crippen molar-refractivity contribution in [2.75, 3.05) is 14.2 Å². The lowest BCUT2D eigenvalue weighted by atomic mass is 10.2. The van der Waals surface area contributed by atoms with Gasteiger partial charge in [0, 0.05) is 0 Å². The molecule has 0 aliphatic heterocycles. The van der Waals surface area contributed by atoms with Gasteiger partial charge in [-0.1, -0.05) is 12.1 Å². The molecule has 0 aliphatic carbocycles. The molecule has 0 fully saturated rings. The van der Waals surface area contributed by atoms with Crippen molar-refractivity contribution in [3.63, 3.8) is 0 Å². The molecule has 0 atom stereocenters. The van der Waals surface area contributed by atoms with Gasteiger partial charge in [-0.15, -0.1) is 4.68 Å². The predicted molar refractivity (Wildman–Crippen MR) is 99.1 cm³/mol. The van der Waals surface area contributed by atoms with E-state index in [0.717, 1.165) is 4.68 Å². The van der Waals surface area contributed by atoms with Crippen LogP contribution < -0.4 is 20.7 Å². The SMILES string of the molecule is COc1cc(C=Nn2c(=O)[nH]c3ccccc3c2=O)cc(Br)c1OC. The molecule has 0 saturated carbocycles. The number of hydrogen-bond acceptors (Lipinski definition) is 5. The third kappa shape index (κ3) is 3.20. The zero-order valence-electron chi connectivity index (χ0n) is 13.4. The molecule has 0 bridgehead atoms. The fourth-order valence-electron chi connectivity index (χ4n) is 2.39. The zero-order valence-corrected chi connectivity index (χ0v) is 15.0. The van der Waals surface area contributed by atoms with Crippen LogP contribution in [-0.4, -0.2) is 30.1 Å². The average molecular weight is 404 g/mol. The van der Waals surface area contributed by atoms with Crippen molar-refractivity contribution in [2.24, 2.45) is 5.10 Å². The van der Waals surface area contributed by atoms with Gasteiger partial charge in [0.2, 0.25) is 0 Å². The van der Waals surface area contributed by atoms with Crippen LogP contribution in [0.15, 0.2) is 55.6 Å². The van der Waals surface area contributed by atoms with Gasteiger partial charge in [0.15, 0.2) is 11.5 Å². The summed E-state index contributed by atoms with van der Waals surface area (Å²) in [6, 6.07) is 10.2. The van der Waals surface area contributed by atoms with Crippen molar-refractivity contribution < 1.29 is 9.47 Å². The Labute approximate surface area is 150 Å². The van der Waals surface area contributed by atoms with Gasteiger partial charge in [-0.05, 0) is 45.8 Å². The van der Waals surface area contributed by atoms with Crippen LogP contribution in [0.3, 0.4) is 0 Å². The van der Waals surface area contributed by atoms with E-state index < -0.39 is 11.2 Å². The van der Waals surface area contributed by atoms with Crippen LogP contribution >= 0.6 is 15.9 Å². The molecule has 0 saturated heterocycles. The van der Waals surface area contributed by atoms with Gasteiger partial charge in [-0.3, -0.25) is 4.79 Å². The topological polar surface area (TPSA) is 85.7 Å². The molecule has 1 N–H and O–H groups in total. The number of benzene rings is 2. The largest absolute Gasteiger partial charge is 0.493 e. The number of aromatic amines is 1. The summed E-state index contributed by atoms with van der Waals surface area (Å²) in [4.78, 5) is 27.2. The molecule has 0 unspecified atom stereocenters. The van der Waals surface area contributed by atoms with Crippen LogP contribution in [0.2, 0.25) is 0 Å². The van der Waals surface area contributed by atoms with Crippen LogP contribution in [0.25, 0.3) is 10.9 Å². The highest BCUT2D eigenvalue weighted by molar-refractivity contribution is 9.10. The molecule has 3 rings (SSSR count). The van der Waals surface area contributed by atoms with Crippen molar-refractivity contribution in [3.05, 3.63) is 67.3 Å². The molecule has 128 valence electrons. The minimum absolute atomic E-state index is 0.382. The Morgan fingerprint density at radius 3 is 2.64 bits per heavy atom. The van der Waals surface area contributed by atoms with Crippen LogP contribution in [0.4, 0.5) is 0 Å². The van der Waals surface area contributed by atoms with Gasteiger partial charge in [0.05, 0.1) is 35.8 Å². The van der Waals surface area contributed by atoms with Gasteiger partial charge in [0.1, 0.15) is 0 Å². The number of aromatic nitrogens is 2. The summed E-state index contributed by atoms with van der Waals surface area (Å²) in [6.07, 6.45) is 1.40. The maximum absolute atomic E-state index is 12.4. The molecule has 0 aliphatic rings. The summed E-state index contributed by atoms with van der Waals surface area (Å²) in [5, 5.41) is 4.40. The second-order valence-electron chi connectivity index (χ2n) is 5.08. The highest BCUT2D eigenvalue weighted by atomic mass is 79.9. The number of nitrogens with one attached hydrogen (secondary N) is 1. The number of ether oxygens (including phenoxy) is 2. The molecular formula is C17H14BrN3O4. The molecular weight excluding hydrogens is 390 g/mol. The van der Waals surface area contributed by atoms with E-state index in [2.05, 4.69) is 26.0 Å². The number of rotatable bonds is 4. The Hall–Kier alpha value is -2.87. The van der Waals surface area contributed by atoms with Crippen LogP contribution in [0.1, 0.15) is 5.56 Å². The standard InChI is InChI=1S/C17H14BrN3O4/c1-24-14-8-10(7-12(18)15(14)25-2)9-19-21-16(22)11-5-3-4-6-13(11)20-17(21)23/h3-9H,1-2H3,(H,20,23). The van der Waals surface area contributed by atoms with Crippen molar-refractivity contribution in [1.82, 2.24) is 9.66 Å². The number of hydrogen-bond donors (Lipinski definition) is 1. The Morgan fingerprint density at radius 1 is 1.16 bits per heavy atom.